The number of carbonyl (C=O) groups excluding carboxylic acids is 1. The standard InChI is InChI=1S/C16H12OS/c1-10-4-2-6-13-12(9-17)8-11-5-3-7-14(18)16(11)15(10)13/h2-9,18H,1H3. The first-order valence-corrected chi connectivity index (χ1v) is 6.26. The second-order valence-corrected chi connectivity index (χ2v) is 4.94. The molecule has 88 valence electrons. The normalized spacial score (nSPS) is 11.0. The second-order valence-electron chi connectivity index (χ2n) is 4.46. The molecule has 2 heteroatoms. The summed E-state index contributed by atoms with van der Waals surface area (Å²) in [6.07, 6.45) is 0.923. The van der Waals surface area contributed by atoms with Crippen molar-refractivity contribution in [3.63, 3.8) is 0 Å². The van der Waals surface area contributed by atoms with Gasteiger partial charge in [-0.15, -0.1) is 12.6 Å². The Morgan fingerprint density at radius 2 is 1.83 bits per heavy atom. The van der Waals surface area contributed by atoms with Gasteiger partial charge >= 0.3 is 0 Å². The number of thiol groups is 1. The Labute approximate surface area is 111 Å². The first-order valence-electron chi connectivity index (χ1n) is 5.81. The lowest BCUT2D eigenvalue weighted by Crippen LogP contribution is -1.89. The van der Waals surface area contributed by atoms with Gasteiger partial charge in [0.25, 0.3) is 0 Å². The Kier molecular flexibility index (Phi) is 2.60. The van der Waals surface area contributed by atoms with Crippen LogP contribution < -0.4 is 0 Å². The summed E-state index contributed by atoms with van der Waals surface area (Å²) < 4.78 is 0. The zero-order valence-electron chi connectivity index (χ0n) is 9.97. The van der Waals surface area contributed by atoms with E-state index in [0.717, 1.165) is 38.3 Å². The number of rotatable bonds is 1. The van der Waals surface area contributed by atoms with Crippen LogP contribution in [0.3, 0.4) is 0 Å². The molecule has 0 fully saturated rings. The van der Waals surface area contributed by atoms with E-state index in [2.05, 4.69) is 25.6 Å². The second kappa shape index (κ2) is 4.14. The molecule has 0 unspecified atom stereocenters. The lowest BCUT2D eigenvalue weighted by molar-refractivity contribution is 0.112. The molecule has 0 heterocycles. The maximum Gasteiger partial charge on any atom is 0.150 e. The number of carbonyl (C=O) groups is 1. The molecule has 0 aliphatic heterocycles. The van der Waals surface area contributed by atoms with Crippen LogP contribution in [-0.4, -0.2) is 6.29 Å². The minimum atomic E-state index is 0.736. The Balaban J connectivity index is 2.70. The molecule has 0 N–H and O–H groups in total. The van der Waals surface area contributed by atoms with Crippen molar-refractivity contribution in [2.45, 2.75) is 11.8 Å². The van der Waals surface area contributed by atoms with Crippen LogP contribution >= 0.6 is 12.6 Å². The Hall–Kier alpha value is -1.80. The zero-order chi connectivity index (χ0) is 12.7. The minimum absolute atomic E-state index is 0.736. The third kappa shape index (κ3) is 1.53. The van der Waals surface area contributed by atoms with Crippen LogP contribution in [0.5, 0.6) is 0 Å². The molecule has 0 spiro atoms. The van der Waals surface area contributed by atoms with E-state index in [1.165, 1.54) is 5.56 Å². The van der Waals surface area contributed by atoms with E-state index >= 15 is 0 Å². The number of hydrogen-bond donors (Lipinski definition) is 1. The molecule has 0 aliphatic rings. The fourth-order valence-electron chi connectivity index (χ4n) is 2.53. The van der Waals surface area contributed by atoms with Crippen molar-refractivity contribution in [2.24, 2.45) is 0 Å². The van der Waals surface area contributed by atoms with Gasteiger partial charge in [-0.05, 0) is 40.8 Å². The predicted octanol–water partition coefficient (Wildman–Crippen LogP) is 4.40. The van der Waals surface area contributed by atoms with E-state index < -0.39 is 0 Å². The molecule has 0 aliphatic carbocycles. The first kappa shape index (κ1) is 11.3. The summed E-state index contributed by atoms with van der Waals surface area (Å²) in [5.41, 5.74) is 1.91. The molecule has 3 rings (SSSR count). The molecular formula is C16H12OS. The van der Waals surface area contributed by atoms with Gasteiger partial charge in [0.1, 0.15) is 0 Å². The number of fused-ring (bicyclic) bond motifs is 3. The summed E-state index contributed by atoms with van der Waals surface area (Å²) >= 11 is 4.55. The van der Waals surface area contributed by atoms with E-state index in [4.69, 9.17) is 0 Å². The fraction of sp³-hybridized carbons (Fsp3) is 0.0625. The first-order chi connectivity index (χ1) is 8.72. The Morgan fingerprint density at radius 1 is 1.06 bits per heavy atom. The van der Waals surface area contributed by atoms with E-state index in [0.29, 0.717) is 0 Å². The SMILES string of the molecule is Cc1cccc2c(C=O)cc3cccc(S)c3c12. The van der Waals surface area contributed by atoms with Gasteiger partial charge in [-0.25, -0.2) is 0 Å². The van der Waals surface area contributed by atoms with Crippen molar-refractivity contribution < 1.29 is 4.79 Å². The maximum atomic E-state index is 11.2. The van der Waals surface area contributed by atoms with Crippen molar-refractivity contribution in [1.29, 1.82) is 0 Å². The molecule has 0 atom stereocenters. The lowest BCUT2D eigenvalue weighted by atomic mass is 9.95. The summed E-state index contributed by atoms with van der Waals surface area (Å²) in [6.45, 7) is 2.07. The highest BCUT2D eigenvalue weighted by atomic mass is 32.1. The summed E-state index contributed by atoms with van der Waals surface area (Å²) in [7, 11) is 0. The molecule has 0 amide bonds. The van der Waals surface area contributed by atoms with Gasteiger partial charge in [0, 0.05) is 15.8 Å². The van der Waals surface area contributed by atoms with Gasteiger partial charge in [0.05, 0.1) is 0 Å². The van der Waals surface area contributed by atoms with Crippen molar-refractivity contribution in [3.05, 3.63) is 53.6 Å². The van der Waals surface area contributed by atoms with Gasteiger partial charge in [-0.2, -0.15) is 0 Å². The Bertz CT molecular complexity index is 775. The third-order valence-corrected chi connectivity index (χ3v) is 3.72. The largest absolute Gasteiger partial charge is 0.298 e. The van der Waals surface area contributed by atoms with Gasteiger partial charge in [0.2, 0.25) is 0 Å². The van der Waals surface area contributed by atoms with Gasteiger partial charge in [-0.1, -0.05) is 30.3 Å². The zero-order valence-corrected chi connectivity index (χ0v) is 10.9. The molecule has 0 aromatic heterocycles. The van der Waals surface area contributed by atoms with E-state index in [1.807, 2.05) is 36.4 Å². The van der Waals surface area contributed by atoms with Crippen LogP contribution in [0.15, 0.2) is 47.4 Å². The molecule has 3 aromatic carbocycles. The monoisotopic (exact) mass is 252 g/mol. The van der Waals surface area contributed by atoms with Crippen molar-refractivity contribution in [2.75, 3.05) is 0 Å². The molecule has 0 bridgehead atoms. The topological polar surface area (TPSA) is 17.1 Å². The number of aldehydes is 1. The molecule has 1 nitrogen and oxygen atoms in total. The van der Waals surface area contributed by atoms with Crippen molar-refractivity contribution in [1.82, 2.24) is 0 Å². The van der Waals surface area contributed by atoms with Gasteiger partial charge < -0.3 is 0 Å². The van der Waals surface area contributed by atoms with Gasteiger partial charge in [0.15, 0.2) is 6.29 Å². The smallest absolute Gasteiger partial charge is 0.150 e. The van der Waals surface area contributed by atoms with Crippen LogP contribution in [-0.2, 0) is 0 Å². The summed E-state index contributed by atoms with van der Waals surface area (Å²) in [5.74, 6) is 0. The van der Waals surface area contributed by atoms with Crippen LogP contribution in [0, 0.1) is 6.92 Å². The molecular weight excluding hydrogens is 240 g/mol. The summed E-state index contributed by atoms with van der Waals surface area (Å²) in [6, 6.07) is 13.9. The van der Waals surface area contributed by atoms with E-state index in [-0.39, 0.29) is 0 Å². The molecule has 0 saturated carbocycles. The maximum absolute atomic E-state index is 11.2. The van der Waals surface area contributed by atoms with E-state index in [9.17, 15) is 4.79 Å². The average Bonchev–Trinajstić information content (AvgIpc) is 2.38. The number of hydrogen-bond acceptors (Lipinski definition) is 2. The molecule has 18 heavy (non-hydrogen) atoms. The predicted molar refractivity (Wildman–Crippen MR) is 78.8 cm³/mol. The highest BCUT2D eigenvalue weighted by molar-refractivity contribution is 7.80. The number of aryl methyl sites for hydroxylation is 1. The molecule has 0 radical (unpaired) electrons. The van der Waals surface area contributed by atoms with Crippen LogP contribution in [0.25, 0.3) is 21.5 Å². The van der Waals surface area contributed by atoms with Crippen molar-refractivity contribution in [3.8, 4) is 0 Å². The van der Waals surface area contributed by atoms with Crippen molar-refractivity contribution >= 4 is 40.5 Å². The van der Waals surface area contributed by atoms with Crippen LogP contribution in [0.1, 0.15) is 15.9 Å². The van der Waals surface area contributed by atoms with Crippen LogP contribution in [0.4, 0.5) is 0 Å². The number of benzene rings is 3. The minimum Gasteiger partial charge on any atom is -0.298 e. The lowest BCUT2D eigenvalue weighted by Gasteiger charge is -2.11. The van der Waals surface area contributed by atoms with Gasteiger partial charge in [-0.3, -0.25) is 4.79 Å². The Morgan fingerprint density at radius 3 is 2.61 bits per heavy atom. The quantitative estimate of drug-likeness (QED) is 0.386. The van der Waals surface area contributed by atoms with E-state index in [1.54, 1.807) is 0 Å². The highest BCUT2D eigenvalue weighted by Gasteiger charge is 2.09. The molecule has 3 aromatic rings. The highest BCUT2D eigenvalue weighted by Crippen LogP contribution is 2.34. The molecule has 0 saturated heterocycles. The fourth-order valence-corrected chi connectivity index (χ4v) is 2.86. The average molecular weight is 252 g/mol. The summed E-state index contributed by atoms with van der Waals surface area (Å²) in [4.78, 5) is 12.2. The summed E-state index contributed by atoms with van der Waals surface area (Å²) in [5, 5.41) is 4.31. The third-order valence-electron chi connectivity index (χ3n) is 3.35. The van der Waals surface area contributed by atoms with Crippen LogP contribution in [0.2, 0.25) is 0 Å².